The van der Waals surface area contributed by atoms with Gasteiger partial charge in [-0.25, -0.2) is 0 Å². The van der Waals surface area contributed by atoms with Gasteiger partial charge in [-0.2, -0.15) is 0 Å². The zero-order valence-electron chi connectivity index (χ0n) is 9.91. The van der Waals surface area contributed by atoms with Gasteiger partial charge in [0.15, 0.2) is 5.16 Å². The average Bonchev–Trinajstić information content (AvgIpc) is 2.54. The molecule has 1 aromatic rings. The molecular weight excluding hydrogens is 220 g/mol. The highest BCUT2D eigenvalue weighted by Crippen LogP contribution is 2.21. The van der Waals surface area contributed by atoms with Crippen molar-refractivity contribution in [3.63, 3.8) is 0 Å². The van der Waals surface area contributed by atoms with Crippen molar-refractivity contribution < 1.29 is 0 Å². The number of nitrogens with one attached hydrogen (secondary N) is 1. The summed E-state index contributed by atoms with van der Waals surface area (Å²) in [7, 11) is 1.99. The van der Waals surface area contributed by atoms with E-state index in [0.717, 1.165) is 30.4 Å². The van der Waals surface area contributed by atoms with Gasteiger partial charge in [0.05, 0.1) is 0 Å². The van der Waals surface area contributed by atoms with Crippen LogP contribution in [-0.4, -0.2) is 34.1 Å². The summed E-state index contributed by atoms with van der Waals surface area (Å²) >= 11 is 1.84. The summed E-state index contributed by atoms with van der Waals surface area (Å²) in [4.78, 5) is 0. The number of hydrogen-bond acceptors (Lipinski definition) is 4. The Morgan fingerprint density at radius 2 is 2.25 bits per heavy atom. The van der Waals surface area contributed by atoms with Gasteiger partial charge in [-0.1, -0.05) is 18.2 Å². The van der Waals surface area contributed by atoms with Crippen LogP contribution in [0.1, 0.15) is 31.5 Å². The third kappa shape index (κ3) is 2.98. The number of aryl methyl sites for hydroxylation is 1. The van der Waals surface area contributed by atoms with Gasteiger partial charge >= 0.3 is 0 Å². The Hall–Kier alpha value is -0.550. The van der Waals surface area contributed by atoms with Gasteiger partial charge in [0.1, 0.15) is 5.82 Å². The van der Waals surface area contributed by atoms with Gasteiger partial charge in [-0.05, 0) is 32.9 Å². The molecule has 4 nitrogen and oxygen atoms in total. The Bertz CT molecular complexity index is 324. The predicted octanol–water partition coefficient (Wildman–Crippen LogP) is 1.71. The van der Waals surface area contributed by atoms with E-state index in [9.17, 15) is 0 Å². The van der Waals surface area contributed by atoms with E-state index in [1.807, 2.05) is 18.8 Å². The number of nitrogens with zero attached hydrogens (tertiary/aromatic N) is 3. The molecule has 1 aliphatic rings. The number of hydrogen-bond donors (Lipinski definition) is 1. The van der Waals surface area contributed by atoms with Crippen LogP contribution in [0.5, 0.6) is 0 Å². The quantitative estimate of drug-likeness (QED) is 0.628. The summed E-state index contributed by atoms with van der Waals surface area (Å²) in [6.07, 6.45) is 6.15. The van der Waals surface area contributed by atoms with Crippen molar-refractivity contribution in [2.45, 2.75) is 43.8 Å². The lowest BCUT2D eigenvalue weighted by Gasteiger charge is -2.05. The van der Waals surface area contributed by atoms with Crippen molar-refractivity contribution in [1.82, 2.24) is 20.1 Å². The molecule has 5 heteroatoms. The van der Waals surface area contributed by atoms with Gasteiger partial charge in [0.2, 0.25) is 0 Å². The van der Waals surface area contributed by atoms with Crippen LogP contribution in [0, 0.1) is 0 Å². The van der Waals surface area contributed by atoms with Crippen LogP contribution >= 0.6 is 11.8 Å². The molecule has 90 valence electrons. The van der Waals surface area contributed by atoms with Gasteiger partial charge in [-0.3, -0.25) is 0 Å². The molecule has 0 bridgehead atoms. The fourth-order valence-electron chi connectivity index (χ4n) is 1.98. The summed E-state index contributed by atoms with van der Waals surface area (Å²) in [5.74, 6) is 2.31. The number of rotatable bonds is 5. The molecule has 0 fully saturated rings. The van der Waals surface area contributed by atoms with E-state index in [2.05, 4.69) is 20.1 Å². The third-order valence-corrected chi connectivity index (χ3v) is 3.93. The van der Waals surface area contributed by atoms with Crippen LogP contribution in [0.25, 0.3) is 0 Å². The molecule has 16 heavy (non-hydrogen) atoms. The molecule has 0 aliphatic carbocycles. The van der Waals surface area contributed by atoms with E-state index in [0.29, 0.717) is 0 Å². The molecule has 0 spiro atoms. The van der Waals surface area contributed by atoms with Gasteiger partial charge in [0, 0.05) is 18.7 Å². The zero-order valence-corrected chi connectivity index (χ0v) is 10.7. The molecule has 0 aromatic carbocycles. The van der Waals surface area contributed by atoms with Crippen LogP contribution in [0.2, 0.25) is 0 Å². The van der Waals surface area contributed by atoms with E-state index in [-0.39, 0.29) is 0 Å². The fraction of sp³-hybridized carbons (Fsp3) is 0.818. The monoisotopic (exact) mass is 240 g/mol. The highest BCUT2D eigenvalue weighted by atomic mass is 32.2. The largest absolute Gasteiger partial charge is 0.320 e. The first-order valence-corrected chi connectivity index (χ1v) is 7.10. The van der Waals surface area contributed by atoms with Crippen LogP contribution in [0.15, 0.2) is 5.16 Å². The average molecular weight is 240 g/mol. The lowest BCUT2D eigenvalue weighted by atomic mass is 10.2. The van der Waals surface area contributed by atoms with Crippen molar-refractivity contribution in [1.29, 1.82) is 0 Å². The molecule has 2 heterocycles. The normalized spacial score (nSPS) is 15.8. The first-order valence-electron chi connectivity index (χ1n) is 6.11. The van der Waals surface area contributed by atoms with Crippen LogP contribution < -0.4 is 5.32 Å². The number of fused-ring (bicyclic) bond motifs is 1. The molecule has 2 rings (SSSR count). The lowest BCUT2D eigenvalue weighted by Crippen LogP contribution is -2.08. The van der Waals surface area contributed by atoms with Crippen molar-refractivity contribution in [3.05, 3.63) is 5.82 Å². The van der Waals surface area contributed by atoms with Crippen LogP contribution in [-0.2, 0) is 13.0 Å². The summed E-state index contributed by atoms with van der Waals surface area (Å²) in [5.41, 5.74) is 0. The maximum Gasteiger partial charge on any atom is 0.191 e. The van der Waals surface area contributed by atoms with Gasteiger partial charge in [0.25, 0.3) is 0 Å². The van der Waals surface area contributed by atoms with E-state index in [1.54, 1.807) is 0 Å². The molecule has 0 saturated carbocycles. The zero-order chi connectivity index (χ0) is 11.2. The maximum absolute atomic E-state index is 4.29. The third-order valence-electron chi connectivity index (χ3n) is 2.88. The van der Waals surface area contributed by atoms with Crippen LogP contribution in [0.3, 0.4) is 0 Å². The van der Waals surface area contributed by atoms with Gasteiger partial charge < -0.3 is 9.88 Å². The summed E-state index contributed by atoms with van der Waals surface area (Å²) in [5, 5.41) is 12.9. The van der Waals surface area contributed by atoms with Crippen molar-refractivity contribution in [2.75, 3.05) is 19.3 Å². The van der Waals surface area contributed by atoms with E-state index < -0.39 is 0 Å². The minimum absolute atomic E-state index is 1.08. The molecular formula is C11H20N4S. The first-order chi connectivity index (χ1) is 7.92. The highest BCUT2D eigenvalue weighted by molar-refractivity contribution is 7.99. The fourth-order valence-corrected chi connectivity index (χ4v) is 2.90. The van der Waals surface area contributed by atoms with Gasteiger partial charge in [-0.15, -0.1) is 10.2 Å². The second kappa shape index (κ2) is 6.25. The summed E-state index contributed by atoms with van der Waals surface area (Å²) < 4.78 is 2.32. The SMILES string of the molecule is CNCCCSc1nnc2n1CCCCC2. The smallest absolute Gasteiger partial charge is 0.191 e. The van der Waals surface area contributed by atoms with E-state index in [1.165, 1.54) is 31.5 Å². The number of thioether (sulfide) groups is 1. The Labute approximate surface area is 101 Å². The molecule has 1 aromatic heterocycles. The second-order valence-corrected chi connectivity index (χ2v) is 5.23. The summed E-state index contributed by atoms with van der Waals surface area (Å²) in [6, 6.07) is 0. The predicted molar refractivity (Wildman–Crippen MR) is 66.8 cm³/mol. The topological polar surface area (TPSA) is 42.7 Å². The van der Waals surface area contributed by atoms with Crippen molar-refractivity contribution in [2.24, 2.45) is 0 Å². The molecule has 0 atom stereocenters. The summed E-state index contributed by atoms with van der Waals surface area (Å²) in [6.45, 7) is 2.19. The Morgan fingerprint density at radius 1 is 1.31 bits per heavy atom. The molecule has 0 radical (unpaired) electrons. The Morgan fingerprint density at radius 3 is 3.12 bits per heavy atom. The highest BCUT2D eigenvalue weighted by Gasteiger charge is 2.14. The van der Waals surface area contributed by atoms with E-state index in [4.69, 9.17) is 0 Å². The molecule has 0 unspecified atom stereocenters. The Kier molecular flexibility index (Phi) is 4.66. The molecule has 1 aliphatic heterocycles. The van der Waals surface area contributed by atoms with Crippen LogP contribution in [0.4, 0.5) is 0 Å². The standard InChI is InChI=1S/C11H20N4S/c1-12-7-5-9-16-11-14-13-10-6-3-2-4-8-15(10)11/h12H,2-9H2,1H3. The van der Waals surface area contributed by atoms with E-state index >= 15 is 0 Å². The molecule has 1 N–H and O–H groups in total. The maximum atomic E-state index is 4.29. The molecule has 0 amide bonds. The number of aromatic nitrogens is 3. The Balaban J connectivity index is 1.91. The minimum Gasteiger partial charge on any atom is -0.320 e. The first kappa shape index (κ1) is 11.9. The lowest BCUT2D eigenvalue weighted by molar-refractivity contribution is 0.590. The minimum atomic E-state index is 1.08. The van der Waals surface area contributed by atoms with Crippen molar-refractivity contribution in [3.8, 4) is 0 Å². The second-order valence-electron chi connectivity index (χ2n) is 4.17. The van der Waals surface area contributed by atoms with Crippen molar-refractivity contribution >= 4 is 11.8 Å². The molecule has 0 saturated heterocycles.